The van der Waals surface area contributed by atoms with Gasteiger partial charge in [0.05, 0.1) is 6.04 Å². The zero-order chi connectivity index (χ0) is 21.7. The summed E-state index contributed by atoms with van der Waals surface area (Å²) in [7, 11) is 0. The van der Waals surface area contributed by atoms with Crippen molar-refractivity contribution in [2.45, 2.75) is 37.3 Å². The van der Waals surface area contributed by atoms with Gasteiger partial charge in [0.15, 0.2) is 0 Å². The monoisotopic (exact) mass is 485 g/mol. The van der Waals surface area contributed by atoms with Gasteiger partial charge in [-0.15, -0.1) is 0 Å². The van der Waals surface area contributed by atoms with E-state index in [1.165, 1.54) is 33.4 Å². The van der Waals surface area contributed by atoms with Gasteiger partial charge in [-0.1, -0.05) is 88.7 Å². The van der Waals surface area contributed by atoms with Crippen molar-refractivity contribution < 1.29 is 9.53 Å². The first-order valence-electron chi connectivity index (χ1n) is 11.3. The van der Waals surface area contributed by atoms with E-state index in [1.54, 1.807) is 0 Å². The smallest absolute Gasteiger partial charge is 0.410 e. The van der Waals surface area contributed by atoms with Gasteiger partial charge in [-0.2, -0.15) is 0 Å². The Morgan fingerprint density at radius 2 is 1.50 bits per heavy atom. The summed E-state index contributed by atoms with van der Waals surface area (Å²) in [5.41, 5.74) is 7.56. The lowest BCUT2D eigenvalue weighted by molar-refractivity contribution is 0.0866. The predicted molar refractivity (Wildman–Crippen MR) is 130 cm³/mol. The van der Waals surface area contributed by atoms with Crippen LogP contribution in [0.15, 0.2) is 83.3 Å². The highest BCUT2D eigenvalue weighted by Gasteiger charge is 2.41. The van der Waals surface area contributed by atoms with Crippen LogP contribution in [-0.2, 0) is 4.74 Å². The molecule has 1 amide bonds. The van der Waals surface area contributed by atoms with Gasteiger partial charge >= 0.3 is 6.09 Å². The van der Waals surface area contributed by atoms with Crippen LogP contribution in [0.5, 0.6) is 0 Å². The minimum Gasteiger partial charge on any atom is -0.448 e. The number of halogens is 1. The Balaban J connectivity index is 1.21. The van der Waals surface area contributed by atoms with Gasteiger partial charge in [0.2, 0.25) is 0 Å². The molecule has 3 nitrogen and oxygen atoms in total. The molecule has 2 atom stereocenters. The summed E-state index contributed by atoms with van der Waals surface area (Å²) in [4.78, 5) is 15.2. The lowest BCUT2D eigenvalue weighted by Crippen LogP contribution is -2.43. The van der Waals surface area contributed by atoms with Gasteiger partial charge in [-0.05, 0) is 58.7 Å². The molecule has 1 saturated heterocycles. The number of carbonyl (C=O) groups excluding carboxylic acids is 1. The number of benzene rings is 3. The van der Waals surface area contributed by atoms with Crippen LogP contribution < -0.4 is 0 Å². The third-order valence-corrected chi connectivity index (χ3v) is 7.85. The van der Waals surface area contributed by atoms with E-state index >= 15 is 0 Å². The summed E-state index contributed by atoms with van der Waals surface area (Å²) in [5, 5.41) is 0. The first kappa shape index (κ1) is 19.8. The standard InChI is InChI=1S/C28H24BrNO2/c29-27-12-6-5-7-21(27)18-15-19-13-14-20(16-18)30(19)28(31)32-17-26-24-10-3-1-8-22(24)23-9-2-4-11-25(23)26/h1-12,15,19-20,26H,13-14,16-17H2. The molecular weight excluding hydrogens is 462 g/mol. The van der Waals surface area contributed by atoms with Crippen molar-refractivity contribution in [1.29, 1.82) is 0 Å². The fourth-order valence-corrected chi connectivity index (χ4v) is 6.24. The molecular formula is C28H24BrNO2. The molecule has 3 aromatic rings. The maximum absolute atomic E-state index is 13.2. The van der Waals surface area contributed by atoms with Gasteiger partial charge < -0.3 is 4.74 Å². The van der Waals surface area contributed by atoms with Gasteiger partial charge in [-0.3, -0.25) is 4.90 Å². The van der Waals surface area contributed by atoms with Crippen molar-refractivity contribution >= 4 is 27.6 Å². The second-order valence-corrected chi connectivity index (χ2v) is 9.74. The minimum absolute atomic E-state index is 0.0974. The van der Waals surface area contributed by atoms with Crippen LogP contribution in [0.25, 0.3) is 16.7 Å². The fraction of sp³-hybridized carbons (Fsp3) is 0.250. The topological polar surface area (TPSA) is 29.5 Å². The molecule has 32 heavy (non-hydrogen) atoms. The summed E-state index contributed by atoms with van der Waals surface area (Å²) in [6.07, 6.45) is 5.00. The summed E-state index contributed by atoms with van der Waals surface area (Å²) in [6, 6.07) is 25.6. The molecule has 2 bridgehead atoms. The Bertz CT molecular complexity index is 1190. The molecule has 6 rings (SSSR count). The molecule has 160 valence electrons. The molecule has 0 radical (unpaired) electrons. The highest BCUT2D eigenvalue weighted by molar-refractivity contribution is 9.10. The summed E-state index contributed by atoms with van der Waals surface area (Å²) >= 11 is 3.68. The van der Waals surface area contributed by atoms with Crippen molar-refractivity contribution in [1.82, 2.24) is 4.90 Å². The third kappa shape index (κ3) is 3.20. The second kappa shape index (κ2) is 7.93. The maximum Gasteiger partial charge on any atom is 0.410 e. The molecule has 0 N–H and O–H groups in total. The normalized spacial score (nSPS) is 21.2. The van der Waals surface area contributed by atoms with Crippen LogP contribution >= 0.6 is 15.9 Å². The molecule has 2 aliphatic heterocycles. The van der Waals surface area contributed by atoms with Crippen LogP contribution in [0, 0.1) is 0 Å². The molecule has 0 saturated carbocycles. The largest absolute Gasteiger partial charge is 0.448 e. The number of carbonyl (C=O) groups is 1. The fourth-order valence-electron chi connectivity index (χ4n) is 5.70. The van der Waals surface area contributed by atoms with E-state index in [9.17, 15) is 4.79 Å². The zero-order valence-electron chi connectivity index (χ0n) is 17.7. The summed E-state index contributed by atoms with van der Waals surface area (Å²) in [6.45, 7) is 0.379. The van der Waals surface area contributed by atoms with Crippen LogP contribution in [-0.4, -0.2) is 29.7 Å². The van der Waals surface area contributed by atoms with E-state index in [2.05, 4.69) is 88.7 Å². The Morgan fingerprint density at radius 1 is 0.875 bits per heavy atom. The number of nitrogens with zero attached hydrogens (tertiary/aromatic N) is 1. The molecule has 2 heterocycles. The van der Waals surface area contributed by atoms with E-state index in [1.807, 2.05) is 11.0 Å². The van der Waals surface area contributed by atoms with Crippen LogP contribution in [0.2, 0.25) is 0 Å². The molecule has 1 fully saturated rings. The molecule has 4 heteroatoms. The van der Waals surface area contributed by atoms with Crippen molar-refractivity contribution in [3.05, 3.63) is 100 Å². The van der Waals surface area contributed by atoms with Crippen molar-refractivity contribution in [2.24, 2.45) is 0 Å². The molecule has 0 spiro atoms. The number of rotatable bonds is 3. The summed E-state index contributed by atoms with van der Waals surface area (Å²) < 4.78 is 7.08. The predicted octanol–water partition coefficient (Wildman–Crippen LogP) is 7.02. The molecule has 0 aromatic heterocycles. The minimum atomic E-state index is -0.179. The number of hydrogen-bond acceptors (Lipinski definition) is 2. The molecule has 1 aliphatic carbocycles. The lowest BCUT2D eigenvalue weighted by Gasteiger charge is -2.34. The Morgan fingerprint density at radius 3 is 2.16 bits per heavy atom. The second-order valence-electron chi connectivity index (χ2n) is 8.89. The first-order chi connectivity index (χ1) is 15.7. The van der Waals surface area contributed by atoms with Gasteiger partial charge in [-0.25, -0.2) is 4.79 Å². The quantitative estimate of drug-likeness (QED) is 0.398. The van der Waals surface area contributed by atoms with Gasteiger partial charge in [0, 0.05) is 16.4 Å². The highest BCUT2D eigenvalue weighted by Crippen LogP contribution is 2.45. The number of fused-ring (bicyclic) bond motifs is 5. The highest BCUT2D eigenvalue weighted by atomic mass is 79.9. The average Bonchev–Trinajstić information content (AvgIpc) is 3.29. The van der Waals surface area contributed by atoms with E-state index in [4.69, 9.17) is 4.74 Å². The lowest BCUT2D eigenvalue weighted by atomic mass is 9.95. The third-order valence-electron chi connectivity index (χ3n) is 7.16. The van der Waals surface area contributed by atoms with E-state index in [0.29, 0.717) is 6.61 Å². The van der Waals surface area contributed by atoms with Crippen LogP contribution in [0.4, 0.5) is 4.79 Å². The number of amides is 1. The number of hydrogen-bond donors (Lipinski definition) is 0. The van der Waals surface area contributed by atoms with Gasteiger partial charge in [0.25, 0.3) is 0 Å². The van der Waals surface area contributed by atoms with E-state index in [-0.39, 0.29) is 24.1 Å². The van der Waals surface area contributed by atoms with Crippen LogP contribution in [0.3, 0.4) is 0 Å². The maximum atomic E-state index is 13.2. The molecule has 2 unspecified atom stereocenters. The molecule has 3 aromatic carbocycles. The van der Waals surface area contributed by atoms with E-state index in [0.717, 1.165) is 23.7 Å². The molecule has 3 aliphatic rings. The van der Waals surface area contributed by atoms with E-state index < -0.39 is 0 Å². The Kier molecular flexibility index (Phi) is 4.91. The Hall–Kier alpha value is -2.85. The van der Waals surface area contributed by atoms with Crippen molar-refractivity contribution in [3.63, 3.8) is 0 Å². The zero-order valence-corrected chi connectivity index (χ0v) is 19.3. The summed E-state index contributed by atoms with van der Waals surface area (Å²) in [5.74, 6) is 0.0974. The van der Waals surface area contributed by atoms with Crippen molar-refractivity contribution in [3.8, 4) is 11.1 Å². The number of ether oxygens (including phenoxy) is 1. The first-order valence-corrected chi connectivity index (χ1v) is 12.1. The van der Waals surface area contributed by atoms with Crippen LogP contribution in [0.1, 0.15) is 41.9 Å². The van der Waals surface area contributed by atoms with Crippen molar-refractivity contribution in [2.75, 3.05) is 6.61 Å². The SMILES string of the molecule is O=C(OCC1c2ccccc2-c2ccccc21)N1C2C=C(c3ccccc3Br)CC1CC2. The van der Waals surface area contributed by atoms with Gasteiger partial charge in [0.1, 0.15) is 6.61 Å². The Labute approximate surface area is 196 Å². The average molecular weight is 486 g/mol.